The number of benzene rings is 1. The Kier molecular flexibility index (Phi) is 3.06. The van der Waals surface area contributed by atoms with Crippen molar-refractivity contribution in [2.45, 2.75) is 30.8 Å². The number of aldehydes is 1. The van der Waals surface area contributed by atoms with Crippen molar-refractivity contribution in [3.05, 3.63) is 42.5 Å². The SMILES string of the molecule is C=C[C@@H]1CN2C(=O)C[C@@H]3c4ccccc4N[C@@H]3[C@H]2C[C@H]1C=O. The van der Waals surface area contributed by atoms with E-state index < -0.39 is 0 Å². The van der Waals surface area contributed by atoms with Gasteiger partial charge in [0, 0.05) is 36.4 Å². The molecule has 0 bridgehead atoms. The number of carbonyl (C=O) groups excluding carboxylic acids is 2. The van der Waals surface area contributed by atoms with Crippen LogP contribution in [0.25, 0.3) is 0 Å². The fraction of sp³-hybridized carbons (Fsp3) is 0.444. The predicted octanol–water partition coefficient (Wildman–Crippen LogP) is 2.19. The quantitative estimate of drug-likeness (QED) is 0.672. The molecule has 2 fully saturated rings. The highest BCUT2D eigenvalue weighted by molar-refractivity contribution is 5.81. The minimum absolute atomic E-state index is 0.0317. The Bertz CT molecular complexity index is 642. The van der Waals surface area contributed by atoms with Crippen molar-refractivity contribution in [1.82, 2.24) is 4.90 Å². The van der Waals surface area contributed by atoms with Gasteiger partial charge in [-0.25, -0.2) is 0 Å². The number of hydrogen-bond acceptors (Lipinski definition) is 3. The van der Waals surface area contributed by atoms with E-state index in [0.717, 1.165) is 18.4 Å². The number of carbonyl (C=O) groups is 2. The Balaban J connectivity index is 1.68. The molecule has 114 valence electrons. The topological polar surface area (TPSA) is 49.4 Å². The summed E-state index contributed by atoms with van der Waals surface area (Å²) in [6.45, 7) is 4.45. The maximum absolute atomic E-state index is 12.6. The number of fused-ring (bicyclic) bond motifs is 5. The smallest absolute Gasteiger partial charge is 0.223 e. The van der Waals surface area contributed by atoms with Gasteiger partial charge < -0.3 is 15.0 Å². The molecule has 4 heteroatoms. The molecule has 0 spiro atoms. The number of nitrogens with zero attached hydrogens (tertiary/aromatic N) is 1. The molecule has 4 nitrogen and oxygen atoms in total. The van der Waals surface area contributed by atoms with Crippen LogP contribution in [0, 0.1) is 11.8 Å². The highest BCUT2D eigenvalue weighted by Gasteiger charge is 2.50. The molecular formula is C18H20N2O2. The summed E-state index contributed by atoms with van der Waals surface area (Å²) < 4.78 is 0. The molecule has 1 N–H and O–H groups in total. The normalized spacial score (nSPS) is 35.9. The van der Waals surface area contributed by atoms with Crippen LogP contribution in [-0.2, 0) is 9.59 Å². The van der Waals surface area contributed by atoms with E-state index in [-0.39, 0.29) is 35.7 Å². The van der Waals surface area contributed by atoms with Crippen molar-refractivity contribution in [2.24, 2.45) is 11.8 Å². The van der Waals surface area contributed by atoms with E-state index in [9.17, 15) is 9.59 Å². The summed E-state index contributed by atoms with van der Waals surface area (Å²) in [4.78, 5) is 26.0. The van der Waals surface area contributed by atoms with Crippen LogP contribution in [0.5, 0.6) is 0 Å². The monoisotopic (exact) mass is 296 g/mol. The number of amides is 1. The highest BCUT2D eigenvalue weighted by atomic mass is 16.2. The van der Waals surface area contributed by atoms with E-state index in [2.05, 4.69) is 24.0 Å². The van der Waals surface area contributed by atoms with Crippen molar-refractivity contribution in [2.75, 3.05) is 11.9 Å². The summed E-state index contributed by atoms with van der Waals surface area (Å²) in [6, 6.07) is 8.57. The lowest BCUT2D eigenvalue weighted by molar-refractivity contribution is -0.142. The van der Waals surface area contributed by atoms with Crippen molar-refractivity contribution >= 4 is 17.9 Å². The van der Waals surface area contributed by atoms with Gasteiger partial charge in [0.15, 0.2) is 0 Å². The number of rotatable bonds is 2. The summed E-state index contributed by atoms with van der Waals surface area (Å²) >= 11 is 0. The first kappa shape index (κ1) is 13.6. The Morgan fingerprint density at radius 1 is 1.27 bits per heavy atom. The second kappa shape index (κ2) is 4.97. The lowest BCUT2D eigenvalue weighted by Crippen LogP contribution is -2.60. The van der Waals surface area contributed by atoms with Crippen LogP contribution < -0.4 is 5.32 Å². The average Bonchev–Trinajstić information content (AvgIpc) is 2.92. The highest BCUT2D eigenvalue weighted by Crippen LogP contribution is 2.46. The molecular weight excluding hydrogens is 276 g/mol. The maximum atomic E-state index is 12.6. The maximum Gasteiger partial charge on any atom is 0.223 e. The summed E-state index contributed by atoms with van der Waals surface area (Å²) in [7, 11) is 0. The van der Waals surface area contributed by atoms with Crippen LogP contribution in [0.3, 0.4) is 0 Å². The average molecular weight is 296 g/mol. The van der Waals surface area contributed by atoms with Gasteiger partial charge in [-0.2, -0.15) is 0 Å². The van der Waals surface area contributed by atoms with E-state index in [1.54, 1.807) is 0 Å². The molecule has 0 aliphatic carbocycles. The van der Waals surface area contributed by atoms with Gasteiger partial charge in [0.1, 0.15) is 6.29 Å². The second-order valence-corrected chi connectivity index (χ2v) is 6.62. The molecule has 4 rings (SSSR count). The summed E-state index contributed by atoms with van der Waals surface area (Å²) in [5.74, 6) is 0.493. The Morgan fingerprint density at radius 2 is 2.09 bits per heavy atom. The lowest BCUT2D eigenvalue weighted by Gasteiger charge is -2.49. The standard InChI is InChI=1S/C18H20N2O2/c1-2-11-9-20-16(7-12(11)10-21)18-14(8-17(20)22)13-5-3-4-6-15(13)19-18/h2-6,10-12,14,16,18-19H,1,7-9H2/t11-,12+,14-,16-,18+/m1/s1. The second-order valence-electron chi connectivity index (χ2n) is 6.62. The zero-order valence-electron chi connectivity index (χ0n) is 12.4. The van der Waals surface area contributed by atoms with Gasteiger partial charge in [-0.15, -0.1) is 6.58 Å². The first-order chi connectivity index (χ1) is 10.7. The van der Waals surface area contributed by atoms with Crippen LogP contribution in [0.15, 0.2) is 36.9 Å². The van der Waals surface area contributed by atoms with E-state index in [1.165, 1.54) is 5.56 Å². The third-order valence-electron chi connectivity index (χ3n) is 5.59. The van der Waals surface area contributed by atoms with Crippen LogP contribution in [0.4, 0.5) is 5.69 Å². The van der Waals surface area contributed by atoms with Gasteiger partial charge in [-0.3, -0.25) is 4.79 Å². The van der Waals surface area contributed by atoms with Crippen molar-refractivity contribution in [3.8, 4) is 0 Å². The third kappa shape index (κ3) is 1.83. The third-order valence-corrected chi connectivity index (χ3v) is 5.59. The van der Waals surface area contributed by atoms with Crippen molar-refractivity contribution in [3.63, 3.8) is 0 Å². The van der Waals surface area contributed by atoms with E-state index in [4.69, 9.17) is 0 Å². The lowest BCUT2D eigenvalue weighted by atomic mass is 9.74. The molecule has 22 heavy (non-hydrogen) atoms. The van der Waals surface area contributed by atoms with Gasteiger partial charge in [0.25, 0.3) is 0 Å². The first-order valence-corrected chi connectivity index (χ1v) is 7.95. The Hall–Kier alpha value is -2.10. The summed E-state index contributed by atoms with van der Waals surface area (Å²) in [6.07, 6.45) is 4.15. The molecule has 3 aliphatic heterocycles. The molecule has 5 atom stereocenters. The molecule has 0 unspecified atom stereocenters. The fourth-order valence-electron chi connectivity index (χ4n) is 4.44. The zero-order valence-corrected chi connectivity index (χ0v) is 12.4. The van der Waals surface area contributed by atoms with E-state index >= 15 is 0 Å². The number of anilines is 1. The minimum Gasteiger partial charge on any atom is -0.379 e. The van der Waals surface area contributed by atoms with Gasteiger partial charge in [-0.05, 0) is 18.1 Å². The van der Waals surface area contributed by atoms with Gasteiger partial charge in [0.2, 0.25) is 5.91 Å². The largest absolute Gasteiger partial charge is 0.379 e. The fourth-order valence-corrected chi connectivity index (χ4v) is 4.44. The first-order valence-electron chi connectivity index (χ1n) is 7.95. The zero-order chi connectivity index (χ0) is 15.3. The molecule has 1 aromatic carbocycles. The van der Waals surface area contributed by atoms with Crippen LogP contribution in [0.1, 0.15) is 24.3 Å². The van der Waals surface area contributed by atoms with Crippen LogP contribution in [0.2, 0.25) is 0 Å². The number of hydrogen-bond donors (Lipinski definition) is 1. The molecule has 1 amide bonds. The molecule has 3 heterocycles. The van der Waals surface area contributed by atoms with Crippen LogP contribution >= 0.6 is 0 Å². The molecule has 1 aromatic rings. The number of nitrogens with one attached hydrogen (secondary N) is 1. The molecule has 0 saturated carbocycles. The number of para-hydroxylation sites is 1. The minimum atomic E-state index is -0.0317. The Morgan fingerprint density at radius 3 is 2.86 bits per heavy atom. The summed E-state index contributed by atoms with van der Waals surface area (Å²) in [5, 5.41) is 3.60. The van der Waals surface area contributed by atoms with Crippen molar-refractivity contribution in [1.29, 1.82) is 0 Å². The van der Waals surface area contributed by atoms with E-state index in [1.807, 2.05) is 23.1 Å². The van der Waals surface area contributed by atoms with Crippen LogP contribution in [-0.4, -0.2) is 35.7 Å². The van der Waals surface area contributed by atoms with Gasteiger partial charge in [-0.1, -0.05) is 24.3 Å². The Labute approximate surface area is 130 Å². The molecule has 3 aliphatic rings. The number of piperidine rings is 2. The van der Waals surface area contributed by atoms with E-state index in [0.29, 0.717) is 13.0 Å². The van der Waals surface area contributed by atoms with Gasteiger partial charge >= 0.3 is 0 Å². The van der Waals surface area contributed by atoms with Gasteiger partial charge in [0.05, 0.1) is 12.1 Å². The van der Waals surface area contributed by atoms with Crippen molar-refractivity contribution < 1.29 is 9.59 Å². The summed E-state index contributed by atoms with van der Waals surface area (Å²) in [5.41, 5.74) is 2.38. The predicted molar refractivity (Wildman–Crippen MR) is 84.6 cm³/mol. The molecule has 0 radical (unpaired) electrons. The molecule has 0 aromatic heterocycles. The molecule has 2 saturated heterocycles.